The number of nitrogens with one attached hydrogen (secondary N) is 1. The van der Waals surface area contributed by atoms with Crippen molar-refractivity contribution in [2.75, 3.05) is 0 Å². The zero-order valence-electron chi connectivity index (χ0n) is 13.1. The van der Waals surface area contributed by atoms with Crippen molar-refractivity contribution in [2.24, 2.45) is 0 Å². The number of aromatic amines is 1. The molecule has 0 bridgehead atoms. The van der Waals surface area contributed by atoms with Crippen LogP contribution in [0.4, 0.5) is 0 Å². The highest BCUT2D eigenvalue weighted by Crippen LogP contribution is 2.30. The lowest BCUT2D eigenvalue weighted by Crippen LogP contribution is -2.07. The average Bonchev–Trinajstić information content (AvgIpc) is 2.85. The lowest BCUT2D eigenvalue weighted by molar-refractivity contribution is 0.864. The monoisotopic (exact) mass is 369 g/mol. The summed E-state index contributed by atoms with van der Waals surface area (Å²) in [7, 11) is 0. The van der Waals surface area contributed by atoms with Gasteiger partial charge in [-0.05, 0) is 52.0 Å². The van der Waals surface area contributed by atoms with Crippen molar-refractivity contribution < 1.29 is 0 Å². The summed E-state index contributed by atoms with van der Waals surface area (Å²) in [5.41, 5.74) is 3.94. The molecule has 116 valence electrons. The minimum atomic E-state index is -0.172. The molecule has 0 amide bonds. The second kappa shape index (κ2) is 5.71. The zero-order valence-corrected chi connectivity index (χ0v) is 14.7. The lowest BCUT2D eigenvalue weighted by Gasteiger charge is -2.12. The fourth-order valence-electron chi connectivity index (χ4n) is 2.80. The van der Waals surface area contributed by atoms with Gasteiger partial charge in [0.1, 0.15) is 11.7 Å². The van der Waals surface area contributed by atoms with Crippen molar-refractivity contribution in [3.63, 3.8) is 0 Å². The highest BCUT2D eigenvalue weighted by molar-refractivity contribution is 9.10. The van der Waals surface area contributed by atoms with E-state index in [0.717, 1.165) is 21.1 Å². The number of pyridine rings is 1. The first-order valence-electron chi connectivity index (χ1n) is 7.37. The second-order valence-corrected chi connectivity index (χ2v) is 6.78. The van der Waals surface area contributed by atoms with Crippen molar-refractivity contribution in [3.05, 3.63) is 62.0 Å². The van der Waals surface area contributed by atoms with Crippen molar-refractivity contribution >= 4 is 27.0 Å². The topological polar surface area (TPSA) is 61.6 Å². The Bertz CT molecular complexity index is 1010. The summed E-state index contributed by atoms with van der Waals surface area (Å²) in [4.78, 5) is 14.7. The summed E-state index contributed by atoms with van der Waals surface area (Å²) >= 11 is 3.61. The maximum absolute atomic E-state index is 11.9. The number of rotatable bonds is 2. The summed E-state index contributed by atoms with van der Waals surface area (Å²) in [6, 6.07) is 9.87. The highest BCUT2D eigenvalue weighted by atomic mass is 79.9. The maximum Gasteiger partial charge on any atom is 0.249 e. The Morgan fingerprint density at radius 1 is 1.30 bits per heavy atom. The number of hydrogen-bond donors (Lipinski definition) is 1. The minimum absolute atomic E-state index is 0.172. The second-order valence-electron chi connectivity index (χ2n) is 5.93. The third kappa shape index (κ3) is 2.60. The number of hydrogen-bond acceptors (Lipinski definition) is 2. The number of fused-ring (bicyclic) bond motifs is 1. The van der Waals surface area contributed by atoms with Crippen LogP contribution in [0.25, 0.3) is 16.7 Å². The van der Waals surface area contributed by atoms with E-state index < -0.39 is 0 Å². The SMILES string of the molecule is Cc1cc(=O)[nH]c2c1c(C#N)cn2-c1ccc(C(C)C)cc1Br. The summed E-state index contributed by atoms with van der Waals surface area (Å²) in [6.07, 6.45) is 1.77. The standard InChI is InChI=1S/C18H16BrN3O/c1-10(2)12-4-5-15(14(19)7-12)22-9-13(8-20)17-11(3)6-16(23)21-18(17)22/h4-7,9-10H,1-3H3,(H,21,23). The van der Waals surface area contributed by atoms with E-state index in [1.807, 2.05) is 17.6 Å². The number of H-pyrrole nitrogens is 1. The molecule has 3 aromatic rings. The Morgan fingerprint density at radius 2 is 2.04 bits per heavy atom. The number of aromatic nitrogens is 2. The molecule has 5 heteroatoms. The van der Waals surface area contributed by atoms with Crippen molar-refractivity contribution in [1.82, 2.24) is 9.55 Å². The van der Waals surface area contributed by atoms with Gasteiger partial charge in [0.05, 0.1) is 11.3 Å². The molecule has 0 radical (unpaired) electrons. The number of nitrogens with zero attached hydrogens (tertiary/aromatic N) is 2. The molecule has 4 nitrogen and oxygen atoms in total. The van der Waals surface area contributed by atoms with Gasteiger partial charge in [0.15, 0.2) is 0 Å². The van der Waals surface area contributed by atoms with Crippen LogP contribution in [-0.4, -0.2) is 9.55 Å². The lowest BCUT2D eigenvalue weighted by atomic mass is 10.0. The number of halogens is 1. The number of aryl methyl sites for hydroxylation is 1. The van der Waals surface area contributed by atoms with Crippen LogP contribution in [0.1, 0.15) is 36.5 Å². The predicted octanol–water partition coefficient (Wildman–Crippen LogP) is 4.38. The fraction of sp³-hybridized carbons (Fsp3) is 0.222. The van der Waals surface area contributed by atoms with Crippen molar-refractivity contribution in [1.29, 1.82) is 5.26 Å². The average molecular weight is 370 g/mol. The van der Waals surface area contributed by atoms with E-state index in [0.29, 0.717) is 17.1 Å². The van der Waals surface area contributed by atoms with Gasteiger partial charge < -0.3 is 9.55 Å². The first-order valence-corrected chi connectivity index (χ1v) is 8.16. The van der Waals surface area contributed by atoms with Gasteiger partial charge in [-0.2, -0.15) is 5.26 Å². The molecule has 0 spiro atoms. The third-order valence-corrected chi connectivity index (χ3v) is 4.64. The Hall–Kier alpha value is -2.32. The molecule has 0 aliphatic carbocycles. The molecule has 0 atom stereocenters. The van der Waals surface area contributed by atoms with Gasteiger partial charge in [0.2, 0.25) is 5.56 Å². The van der Waals surface area contributed by atoms with Crippen LogP contribution < -0.4 is 5.56 Å². The molecule has 1 N–H and O–H groups in total. The molecular formula is C18H16BrN3O. The Morgan fingerprint density at radius 3 is 2.65 bits per heavy atom. The molecule has 2 heterocycles. The van der Waals surface area contributed by atoms with Crippen LogP contribution in [0.3, 0.4) is 0 Å². The summed E-state index contributed by atoms with van der Waals surface area (Å²) < 4.78 is 2.78. The first kappa shape index (κ1) is 15.6. The third-order valence-electron chi connectivity index (χ3n) is 4.01. The van der Waals surface area contributed by atoms with Gasteiger partial charge in [0.25, 0.3) is 0 Å². The summed E-state index contributed by atoms with van der Waals surface area (Å²) in [5, 5.41) is 10.2. The van der Waals surface area contributed by atoms with Gasteiger partial charge in [-0.15, -0.1) is 0 Å². The molecule has 0 fully saturated rings. The van der Waals surface area contributed by atoms with Crippen molar-refractivity contribution in [3.8, 4) is 11.8 Å². The molecule has 0 aliphatic rings. The number of nitriles is 1. The van der Waals surface area contributed by atoms with Gasteiger partial charge in [-0.3, -0.25) is 4.79 Å². The Labute approximate surface area is 142 Å². The zero-order chi connectivity index (χ0) is 16.7. The molecule has 0 unspecified atom stereocenters. The van der Waals surface area contributed by atoms with Crippen LogP contribution >= 0.6 is 15.9 Å². The van der Waals surface area contributed by atoms with E-state index in [4.69, 9.17) is 0 Å². The summed E-state index contributed by atoms with van der Waals surface area (Å²) in [5.74, 6) is 0.429. The van der Waals surface area contributed by atoms with E-state index in [-0.39, 0.29) is 5.56 Å². The molecule has 0 saturated heterocycles. The first-order chi connectivity index (χ1) is 10.9. The maximum atomic E-state index is 11.9. The van der Waals surface area contributed by atoms with Gasteiger partial charge in [-0.25, -0.2) is 0 Å². The van der Waals surface area contributed by atoms with Crippen molar-refractivity contribution in [2.45, 2.75) is 26.7 Å². The highest BCUT2D eigenvalue weighted by Gasteiger charge is 2.15. The molecule has 0 saturated carbocycles. The number of benzene rings is 1. The molecule has 3 rings (SSSR count). The largest absolute Gasteiger partial charge is 0.308 e. The molecule has 0 aliphatic heterocycles. The van der Waals surface area contributed by atoms with Crippen LogP contribution in [0.15, 0.2) is 39.7 Å². The van der Waals surface area contributed by atoms with E-state index in [1.54, 1.807) is 6.20 Å². The molecule has 2 aromatic heterocycles. The van der Waals surface area contributed by atoms with Gasteiger partial charge in [0, 0.05) is 22.1 Å². The van der Waals surface area contributed by atoms with E-state index in [2.05, 4.69) is 53.0 Å². The molecule has 1 aromatic carbocycles. The van der Waals surface area contributed by atoms with Crippen LogP contribution in [0, 0.1) is 18.3 Å². The van der Waals surface area contributed by atoms with Crippen LogP contribution in [0.5, 0.6) is 0 Å². The predicted molar refractivity (Wildman–Crippen MR) is 95.1 cm³/mol. The van der Waals surface area contributed by atoms with Crippen LogP contribution in [-0.2, 0) is 0 Å². The van der Waals surface area contributed by atoms with E-state index in [9.17, 15) is 10.1 Å². The van der Waals surface area contributed by atoms with Gasteiger partial charge >= 0.3 is 0 Å². The Balaban J connectivity index is 2.33. The molecular weight excluding hydrogens is 354 g/mol. The van der Waals surface area contributed by atoms with E-state index >= 15 is 0 Å². The normalized spacial score (nSPS) is 11.1. The minimum Gasteiger partial charge on any atom is -0.308 e. The smallest absolute Gasteiger partial charge is 0.249 e. The molecule has 23 heavy (non-hydrogen) atoms. The van der Waals surface area contributed by atoms with E-state index in [1.165, 1.54) is 11.6 Å². The quantitative estimate of drug-likeness (QED) is 0.728. The summed E-state index contributed by atoms with van der Waals surface area (Å²) in [6.45, 7) is 6.13. The van der Waals surface area contributed by atoms with Gasteiger partial charge in [-0.1, -0.05) is 19.9 Å². The van der Waals surface area contributed by atoms with Crippen LogP contribution in [0.2, 0.25) is 0 Å². The Kier molecular flexibility index (Phi) is 3.87. The fourth-order valence-corrected chi connectivity index (χ4v) is 3.39.